The number of nitrogens with one attached hydrogen (secondary N) is 1. The maximum Gasteiger partial charge on any atom is 0.407 e. The number of carboxylic acids is 1. The highest BCUT2D eigenvalue weighted by Crippen LogP contribution is 2.44. The summed E-state index contributed by atoms with van der Waals surface area (Å²) in [5.41, 5.74) is 3.69. The van der Waals surface area contributed by atoms with Crippen LogP contribution >= 0.6 is 0 Å². The van der Waals surface area contributed by atoms with Crippen LogP contribution in [-0.2, 0) is 9.53 Å². The molecule has 2 N–H and O–H groups in total. The predicted octanol–water partition coefficient (Wildman–Crippen LogP) is 4.67. The molecule has 0 saturated carbocycles. The minimum Gasteiger partial charge on any atom is -0.493 e. The van der Waals surface area contributed by atoms with Crippen LogP contribution in [0.1, 0.15) is 35.1 Å². The van der Waals surface area contributed by atoms with E-state index in [9.17, 15) is 24.8 Å². The van der Waals surface area contributed by atoms with Gasteiger partial charge in [-0.3, -0.25) is 14.9 Å². The highest BCUT2D eigenvalue weighted by molar-refractivity contribution is 5.79. The topological polar surface area (TPSA) is 137 Å². The SMILES string of the molecule is COc1cc(C(CC(=O)O)NC(=O)OCC2c3ccccc3-c3ccccc32)c([N+](=O)[O-])cc1OC. The van der Waals surface area contributed by atoms with Crippen LogP contribution in [0.4, 0.5) is 10.5 Å². The van der Waals surface area contributed by atoms with Crippen LogP contribution in [0.15, 0.2) is 60.7 Å². The van der Waals surface area contributed by atoms with Gasteiger partial charge in [-0.2, -0.15) is 0 Å². The summed E-state index contributed by atoms with van der Waals surface area (Å²) in [5, 5.41) is 23.6. The lowest BCUT2D eigenvalue weighted by Gasteiger charge is -2.20. The lowest BCUT2D eigenvalue weighted by Crippen LogP contribution is -2.32. The molecule has 0 saturated heterocycles. The molecule has 36 heavy (non-hydrogen) atoms. The van der Waals surface area contributed by atoms with Gasteiger partial charge in [-0.25, -0.2) is 4.79 Å². The number of nitro groups is 1. The molecule has 10 nitrogen and oxygen atoms in total. The zero-order valence-corrected chi connectivity index (χ0v) is 19.6. The first kappa shape index (κ1) is 24.5. The van der Waals surface area contributed by atoms with Crippen molar-refractivity contribution in [2.45, 2.75) is 18.4 Å². The second kappa shape index (κ2) is 10.3. The van der Waals surface area contributed by atoms with Crippen LogP contribution in [0.5, 0.6) is 11.5 Å². The number of carbonyl (C=O) groups is 2. The third kappa shape index (κ3) is 4.78. The fourth-order valence-corrected chi connectivity index (χ4v) is 4.52. The van der Waals surface area contributed by atoms with E-state index < -0.39 is 35.1 Å². The Morgan fingerprint density at radius 1 is 1.00 bits per heavy atom. The van der Waals surface area contributed by atoms with Gasteiger partial charge in [0, 0.05) is 5.92 Å². The molecule has 3 aromatic carbocycles. The van der Waals surface area contributed by atoms with Gasteiger partial charge in [0.05, 0.1) is 43.2 Å². The van der Waals surface area contributed by atoms with Crippen LogP contribution < -0.4 is 14.8 Å². The van der Waals surface area contributed by atoms with E-state index in [2.05, 4.69) is 5.32 Å². The van der Waals surface area contributed by atoms with Crippen molar-refractivity contribution in [2.75, 3.05) is 20.8 Å². The van der Waals surface area contributed by atoms with Gasteiger partial charge in [0.15, 0.2) is 11.5 Å². The maximum absolute atomic E-state index is 12.8. The van der Waals surface area contributed by atoms with Crippen LogP contribution in [-0.4, -0.2) is 42.9 Å². The van der Waals surface area contributed by atoms with Gasteiger partial charge < -0.3 is 24.6 Å². The predicted molar refractivity (Wildman–Crippen MR) is 129 cm³/mol. The molecule has 0 bridgehead atoms. The zero-order chi connectivity index (χ0) is 25.8. The smallest absolute Gasteiger partial charge is 0.407 e. The number of rotatable bonds is 9. The zero-order valence-electron chi connectivity index (χ0n) is 19.6. The number of nitro benzene ring substituents is 1. The number of fused-ring (bicyclic) bond motifs is 3. The minimum atomic E-state index is -1.26. The number of alkyl carbamates (subject to hydrolysis) is 1. The van der Waals surface area contributed by atoms with Crippen LogP contribution in [0, 0.1) is 10.1 Å². The molecule has 1 aliphatic rings. The summed E-state index contributed by atoms with van der Waals surface area (Å²) in [6.45, 7) is 0.00762. The highest BCUT2D eigenvalue weighted by Gasteiger charge is 2.31. The van der Waals surface area contributed by atoms with Crippen LogP contribution in [0.25, 0.3) is 11.1 Å². The molecule has 1 amide bonds. The third-order valence-electron chi connectivity index (χ3n) is 6.12. The number of amides is 1. The molecule has 10 heteroatoms. The number of carbonyl (C=O) groups excluding carboxylic acids is 1. The fourth-order valence-electron chi connectivity index (χ4n) is 4.52. The van der Waals surface area contributed by atoms with E-state index in [0.717, 1.165) is 28.3 Å². The van der Waals surface area contributed by atoms with Gasteiger partial charge in [-0.15, -0.1) is 0 Å². The molecule has 0 spiro atoms. The summed E-state index contributed by atoms with van der Waals surface area (Å²) in [6.07, 6.45) is -1.51. The normalized spacial score (nSPS) is 12.7. The summed E-state index contributed by atoms with van der Waals surface area (Å²) in [5.74, 6) is -1.20. The number of hydrogen-bond acceptors (Lipinski definition) is 7. The van der Waals surface area contributed by atoms with Crippen molar-refractivity contribution in [3.05, 3.63) is 87.5 Å². The van der Waals surface area contributed by atoms with Gasteiger partial charge >= 0.3 is 12.1 Å². The summed E-state index contributed by atoms with van der Waals surface area (Å²) >= 11 is 0. The fraction of sp³-hybridized carbons (Fsp3) is 0.231. The number of benzene rings is 3. The van der Waals surface area contributed by atoms with Crippen molar-refractivity contribution in [1.29, 1.82) is 0 Å². The monoisotopic (exact) mass is 492 g/mol. The molecule has 1 aliphatic carbocycles. The van der Waals surface area contributed by atoms with E-state index >= 15 is 0 Å². The third-order valence-corrected chi connectivity index (χ3v) is 6.12. The van der Waals surface area contributed by atoms with Gasteiger partial charge in [0.25, 0.3) is 5.69 Å². The van der Waals surface area contributed by atoms with E-state index in [1.807, 2.05) is 48.5 Å². The van der Waals surface area contributed by atoms with E-state index in [4.69, 9.17) is 14.2 Å². The van der Waals surface area contributed by atoms with Gasteiger partial charge in [-0.05, 0) is 28.3 Å². The van der Waals surface area contributed by atoms with E-state index in [1.165, 1.54) is 20.3 Å². The lowest BCUT2D eigenvalue weighted by atomic mass is 9.98. The molecule has 0 radical (unpaired) electrons. The van der Waals surface area contributed by atoms with Crippen molar-refractivity contribution in [1.82, 2.24) is 5.32 Å². The molecule has 186 valence electrons. The Labute approximate surface area is 206 Å². The number of ether oxygens (including phenoxy) is 3. The largest absolute Gasteiger partial charge is 0.493 e. The average Bonchev–Trinajstić information content (AvgIpc) is 3.19. The Kier molecular flexibility index (Phi) is 7.05. The minimum absolute atomic E-state index is 0.00762. The molecule has 0 aromatic heterocycles. The van der Waals surface area contributed by atoms with E-state index in [1.54, 1.807) is 0 Å². The maximum atomic E-state index is 12.8. The first-order valence-electron chi connectivity index (χ1n) is 11.1. The van der Waals surface area contributed by atoms with Gasteiger partial charge in [-0.1, -0.05) is 48.5 Å². The van der Waals surface area contributed by atoms with Gasteiger partial charge in [0.1, 0.15) is 6.61 Å². The number of carboxylic acid groups (broad SMARTS) is 1. The Bertz CT molecular complexity index is 1280. The molecule has 3 aromatic rings. The average molecular weight is 492 g/mol. The molecule has 0 heterocycles. The molecule has 0 fully saturated rings. The second-order valence-corrected chi connectivity index (χ2v) is 8.14. The molecular weight excluding hydrogens is 468 g/mol. The molecule has 1 atom stereocenters. The van der Waals surface area contributed by atoms with E-state index in [0.29, 0.717) is 0 Å². The quantitative estimate of drug-likeness (QED) is 0.325. The summed E-state index contributed by atoms with van der Waals surface area (Å²) in [4.78, 5) is 35.4. The molecule has 4 rings (SSSR count). The Morgan fingerprint density at radius 3 is 2.08 bits per heavy atom. The van der Waals surface area contributed by atoms with E-state index in [-0.39, 0.29) is 29.6 Å². The lowest BCUT2D eigenvalue weighted by molar-refractivity contribution is -0.385. The Balaban J connectivity index is 1.57. The van der Waals surface area contributed by atoms with Crippen molar-refractivity contribution in [2.24, 2.45) is 0 Å². The van der Waals surface area contributed by atoms with Crippen LogP contribution in [0.3, 0.4) is 0 Å². The Hall–Kier alpha value is -4.60. The molecular formula is C26H24N2O8. The van der Waals surface area contributed by atoms with Crippen molar-refractivity contribution >= 4 is 17.7 Å². The summed E-state index contributed by atoms with van der Waals surface area (Å²) in [6, 6.07) is 16.8. The van der Waals surface area contributed by atoms with Crippen LogP contribution in [0.2, 0.25) is 0 Å². The molecule has 0 aliphatic heterocycles. The summed E-state index contributed by atoms with van der Waals surface area (Å²) in [7, 11) is 2.67. The van der Waals surface area contributed by atoms with Crippen molar-refractivity contribution in [3.63, 3.8) is 0 Å². The van der Waals surface area contributed by atoms with Crippen molar-refractivity contribution in [3.8, 4) is 22.6 Å². The second-order valence-electron chi connectivity index (χ2n) is 8.14. The number of nitrogens with zero attached hydrogens (tertiary/aromatic N) is 1. The highest BCUT2D eigenvalue weighted by atomic mass is 16.6. The van der Waals surface area contributed by atoms with Crippen molar-refractivity contribution < 1.29 is 33.8 Å². The summed E-state index contributed by atoms with van der Waals surface area (Å²) < 4.78 is 15.8. The molecule has 1 unspecified atom stereocenters. The standard InChI is InChI=1S/C26H24N2O8/c1-34-23-11-19(22(28(32)33)13-24(23)35-2)21(12-25(29)30)27-26(31)36-14-20-17-9-5-3-7-15(17)16-8-4-6-10-18(16)20/h3-11,13,20-21H,12,14H2,1-2H3,(H,27,31)(H,29,30). The first-order valence-corrected chi connectivity index (χ1v) is 11.1. The first-order chi connectivity index (χ1) is 17.3. The number of methoxy groups -OCH3 is 2. The Morgan fingerprint density at radius 2 is 1.56 bits per heavy atom. The number of aliphatic carboxylic acids is 1. The number of hydrogen-bond donors (Lipinski definition) is 2. The van der Waals surface area contributed by atoms with Gasteiger partial charge in [0.2, 0.25) is 0 Å².